The number of H-pyrrole nitrogens is 1. The number of guanidine groups is 1. The van der Waals surface area contributed by atoms with Gasteiger partial charge in [-0.15, -0.1) is 24.0 Å². The third-order valence-corrected chi connectivity index (χ3v) is 4.44. The van der Waals surface area contributed by atoms with Gasteiger partial charge in [0.1, 0.15) is 0 Å². The first-order chi connectivity index (χ1) is 13.7. The Labute approximate surface area is 187 Å². The van der Waals surface area contributed by atoms with Gasteiger partial charge in [-0.3, -0.25) is 4.99 Å². The monoisotopic (exact) mass is 510 g/mol. The van der Waals surface area contributed by atoms with Crippen LogP contribution in [0.4, 0.5) is 0 Å². The number of aromatic nitrogens is 1. The highest BCUT2D eigenvalue weighted by molar-refractivity contribution is 14.0. The SMILES string of the molecule is CN=C(NCc1cc(OC)c(OC)c(OC)c1)NCc1cc2ccccc2[nH]1.I. The molecule has 0 saturated heterocycles. The summed E-state index contributed by atoms with van der Waals surface area (Å²) in [6, 6.07) is 14.2. The lowest BCUT2D eigenvalue weighted by molar-refractivity contribution is 0.323. The number of halogens is 1. The average Bonchev–Trinajstić information content (AvgIpc) is 3.15. The van der Waals surface area contributed by atoms with E-state index in [1.165, 1.54) is 5.39 Å². The Hall–Kier alpha value is -2.62. The largest absolute Gasteiger partial charge is 0.493 e. The van der Waals surface area contributed by atoms with Gasteiger partial charge in [0.05, 0.1) is 27.9 Å². The summed E-state index contributed by atoms with van der Waals surface area (Å²) in [6.07, 6.45) is 0. The number of nitrogens with one attached hydrogen (secondary N) is 3. The van der Waals surface area contributed by atoms with Crippen molar-refractivity contribution >= 4 is 40.8 Å². The van der Waals surface area contributed by atoms with Crippen LogP contribution in [0.3, 0.4) is 0 Å². The first kappa shape index (κ1) is 22.7. The zero-order valence-corrected chi connectivity index (χ0v) is 19.4. The Morgan fingerprint density at radius 3 is 2.17 bits per heavy atom. The second-order valence-corrected chi connectivity index (χ2v) is 6.19. The molecule has 0 amide bonds. The minimum absolute atomic E-state index is 0. The van der Waals surface area contributed by atoms with Gasteiger partial charge >= 0.3 is 0 Å². The number of rotatable bonds is 7. The minimum Gasteiger partial charge on any atom is -0.493 e. The van der Waals surface area contributed by atoms with Crippen LogP contribution in [0.5, 0.6) is 17.2 Å². The summed E-state index contributed by atoms with van der Waals surface area (Å²) in [6.45, 7) is 1.20. The Morgan fingerprint density at radius 2 is 1.59 bits per heavy atom. The predicted molar refractivity (Wildman–Crippen MR) is 127 cm³/mol. The molecule has 8 heteroatoms. The molecule has 2 aromatic carbocycles. The van der Waals surface area contributed by atoms with Crippen molar-refractivity contribution in [2.45, 2.75) is 13.1 Å². The molecule has 0 atom stereocenters. The zero-order chi connectivity index (χ0) is 19.9. The number of methoxy groups -OCH3 is 3. The van der Waals surface area contributed by atoms with Crippen molar-refractivity contribution in [2.24, 2.45) is 4.99 Å². The number of fused-ring (bicyclic) bond motifs is 1. The van der Waals surface area contributed by atoms with E-state index >= 15 is 0 Å². The first-order valence-corrected chi connectivity index (χ1v) is 8.98. The zero-order valence-electron chi connectivity index (χ0n) is 17.0. The Morgan fingerprint density at radius 1 is 0.931 bits per heavy atom. The van der Waals surface area contributed by atoms with Crippen LogP contribution in [0.25, 0.3) is 10.9 Å². The number of nitrogens with zero attached hydrogens (tertiary/aromatic N) is 1. The van der Waals surface area contributed by atoms with Gasteiger partial charge in [0.25, 0.3) is 0 Å². The molecule has 0 saturated carbocycles. The second-order valence-electron chi connectivity index (χ2n) is 6.19. The summed E-state index contributed by atoms with van der Waals surface area (Å²) in [4.78, 5) is 7.68. The third kappa shape index (κ3) is 5.47. The molecule has 0 aliphatic rings. The van der Waals surface area contributed by atoms with Crippen LogP contribution in [0, 0.1) is 0 Å². The van der Waals surface area contributed by atoms with Gasteiger partial charge in [-0.1, -0.05) is 18.2 Å². The van der Waals surface area contributed by atoms with Crippen molar-refractivity contribution in [3.8, 4) is 17.2 Å². The van der Waals surface area contributed by atoms with Gasteiger partial charge in [0.15, 0.2) is 17.5 Å². The lowest BCUT2D eigenvalue weighted by Gasteiger charge is -2.15. The standard InChI is InChI=1S/C21H26N4O3.HI/c1-22-21(24-13-16-11-15-7-5-6-8-17(15)25-16)23-12-14-9-18(26-2)20(28-4)19(10-14)27-3;/h5-11,25H,12-13H2,1-4H3,(H2,22,23,24);1H. The Kier molecular flexibility index (Phi) is 8.44. The van der Waals surface area contributed by atoms with Gasteiger partial charge < -0.3 is 29.8 Å². The van der Waals surface area contributed by atoms with Crippen LogP contribution in [0.15, 0.2) is 47.5 Å². The molecule has 3 N–H and O–H groups in total. The molecule has 0 bridgehead atoms. The normalized spacial score (nSPS) is 11.0. The van der Waals surface area contributed by atoms with Gasteiger partial charge in [0.2, 0.25) is 5.75 Å². The molecule has 1 heterocycles. The second kappa shape index (κ2) is 10.8. The summed E-state index contributed by atoms with van der Waals surface area (Å²) < 4.78 is 16.2. The van der Waals surface area contributed by atoms with Crippen LogP contribution in [-0.2, 0) is 13.1 Å². The van der Waals surface area contributed by atoms with E-state index in [4.69, 9.17) is 14.2 Å². The van der Waals surface area contributed by atoms with Gasteiger partial charge in [-0.05, 0) is 35.2 Å². The highest BCUT2D eigenvalue weighted by Gasteiger charge is 2.13. The molecular weight excluding hydrogens is 483 g/mol. The summed E-state index contributed by atoms with van der Waals surface area (Å²) >= 11 is 0. The number of benzene rings is 2. The van der Waals surface area contributed by atoms with Crippen molar-refractivity contribution in [1.82, 2.24) is 15.6 Å². The molecule has 156 valence electrons. The molecular formula is C21H27IN4O3. The van der Waals surface area contributed by atoms with E-state index in [2.05, 4.69) is 38.8 Å². The van der Waals surface area contributed by atoms with Crippen molar-refractivity contribution < 1.29 is 14.2 Å². The molecule has 0 fully saturated rings. The highest BCUT2D eigenvalue weighted by atomic mass is 127. The summed E-state index contributed by atoms with van der Waals surface area (Å²) in [5.74, 6) is 2.53. The van der Waals surface area contributed by atoms with Gasteiger partial charge in [0, 0.05) is 24.8 Å². The van der Waals surface area contributed by atoms with E-state index in [1.54, 1.807) is 28.4 Å². The van der Waals surface area contributed by atoms with Crippen LogP contribution >= 0.6 is 24.0 Å². The predicted octanol–water partition coefficient (Wildman–Crippen LogP) is 3.68. The fourth-order valence-corrected chi connectivity index (χ4v) is 3.05. The fourth-order valence-electron chi connectivity index (χ4n) is 3.05. The molecule has 0 unspecified atom stereocenters. The first-order valence-electron chi connectivity index (χ1n) is 8.98. The Balaban J connectivity index is 0.00000300. The van der Waals surface area contributed by atoms with Crippen molar-refractivity contribution in [3.05, 3.63) is 53.7 Å². The van der Waals surface area contributed by atoms with Crippen molar-refractivity contribution in [3.63, 3.8) is 0 Å². The van der Waals surface area contributed by atoms with E-state index in [0.717, 1.165) is 16.8 Å². The molecule has 1 aromatic heterocycles. The smallest absolute Gasteiger partial charge is 0.203 e. The summed E-state index contributed by atoms with van der Waals surface area (Å²) in [7, 11) is 6.55. The van der Waals surface area contributed by atoms with E-state index < -0.39 is 0 Å². The topological polar surface area (TPSA) is 79.9 Å². The number of hydrogen-bond acceptors (Lipinski definition) is 4. The molecule has 0 aliphatic heterocycles. The summed E-state index contributed by atoms with van der Waals surface area (Å²) in [5.41, 5.74) is 3.21. The molecule has 0 spiro atoms. The number of ether oxygens (including phenoxy) is 3. The molecule has 29 heavy (non-hydrogen) atoms. The molecule has 3 rings (SSSR count). The quantitative estimate of drug-likeness (QED) is 0.257. The third-order valence-electron chi connectivity index (χ3n) is 4.44. The number of aromatic amines is 1. The van der Waals surface area contributed by atoms with Crippen LogP contribution in [-0.4, -0.2) is 39.3 Å². The Bertz CT molecular complexity index is 913. The van der Waals surface area contributed by atoms with Crippen molar-refractivity contribution in [2.75, 3.05) is 28.4 Å². The average molecular weight is 510 g/mol. The lowest BCUT2D eigenvalue weighted by Crippen LogP contribution is -2.36. The number of aliphatic imine (C=N–C) groups is 1. The van der Waals surface area contributed by atoms with Gasteiger partial charge in [-0.25, -0.2) is 0 Å². The van der Waals surface area contributed by atoms with E-state index in [0.29, 0.717) is 36.3 Å². The molecule has 7 nitrogen and oxygen atoms in total. The van der Waals surface area contributed by atoms with Crippen LogP contribution in [0.1, 0.15) is 11.3 Å². The number of hydrogen-bond donors (Lipinski definition) is 3. The fraction of sp³-hybridized carbons (Fsp3) is 0.286. The lowest BCUT2D eigenvalue weighted by atomic mass is 10.2. The van der Waals surface area contributed by atoms with Gasteiger partial charge in [-0.2, -0.15) is 0 Å². The maximum absolute atomic E-state index is 5.40. The van der Waals surface area contributed by atoms with Crippen LogP contribution in [0.2, 0.25) is 0 Å². The minimum atomic E-state index is 0. The maximum Gasteiger partial charge on any atom is 0.203 e. The van der Waals surface area contributed by atoms with E-state index in [9.17, 15) is 0 Å². The van der Waals surface area contributed by atoms with Crippen molar-refractivity contribution in [1.29, 1.82) is 0 Å². The number of para-hydroxylation sites is 1. The van der Waals surface area contributed by atoms with E-state index in [1.807, 2.05) is 24.3 Å². The summed E-state index contributed by atoms with van der Waals surface area (Å²) in [5, 5.41) is 7.81. The van der Waals surface area contributed by atoms with E-state index in [-0.39, 0.29) is 24.0 Å². The maximum atomic E-state index is 5.40. The molecule has 0 radical (unpaired) electrons. The molecule has 3 aromatic rings. The molecule has 0 aliphatic carbocycles. The highest BCUT2D eigenvalue weighted by Crippen LogP contribution is 2.38. The van der Waals surface area contributed by atoms with Crippen LogP contribution < -0.4 is 24.8 Å².